The normalized spacial score (nSPS) is 25.3. The van der Waals surface area contributed by atoms with Crippen molar-refractivity contribution >= 4 is 0 Å². The zero-order valence-electron chi connectivity index (χ0n) is 19.4. The molecule has 3 atom stereocenters. The lowest BCUT2D eigenvalue weighted by Crippen LogP contribution is -2.46. The van der Waals surface area contributed by atoms with Gasteiger partial charge >= 0.3 is 0 Å². The summed E-state index contributed by atoms with van der Waals surface area (Å²) in [5.41, 5.74) is 4.40. The van der Waals surface area contributed by atoms with E-state index in [4.69, 9.17) is 14.2 Å². The van der Waals surface area contributed by atoms with Gasteiger partial charge in [-0.1, -0.05) is 31.2 Å². The van der Waals surface area contributed by atoms with Gasteiger partial charge in [0.25, 0.3) is 0 Å². The molecule has 4 rings (SSSR count). The van der Waals surface area contributed by atoms with E-state index in [9.17, 15) is 15.5 Å². The summed E-state index contributed by atoms with van der Waals surface area (Å²) in [5.74, 6) is -0.696. The summed E-state index contributed by atoms with van der Waals surface area (Å²) in [6, 6.07) is 14.5. The Morgan fingerprint density at radius 1 is 1.18 bits per heavy atom. The topological polar surface area (TPSA) is 91.9 Å². The summed E-state index contributed by atoms with van der Waals surface area (Å²) in [5, 5.41) is 30.3. The van der Waals surface area contributed by atoms with Gasteiger partial charge in [0.05, 0.1) is 30.5 Å². The van der Waals surface area contributed by atoms with Crippen molar-refractivity contribution < 1.29 is 24.4 Å². The minimum atomic E-state index is -1.22. The Morgan fingerprint density at radius 2 is 1.91 bits per heavy atom. The highest BCUT2D eigenvalue weighted by Gasteiger charge is 2.44. The predicted octanol–water partition coefficient (Wildman–Crippen LogP) is 3.97. The minimum Gasteiger partial charge on any atom is -0.489 e. The zero-order valence-corrected chi connectivity index (χ0v) is 19.4. The van der Waals surface area contributed by atoms with Crippen molar-refractivity contribution in [2.45, 2.75) is 76.0 Å². The molecular formula is C27H33NO5. The third kappa shape index (κ3) is 5.07. The summed E-state index contributed by atoms with van der Waals surface area (Å²) in [6.07, 6.45) is 4.08. The summed E-state index contributed by atoms with van der Waals surface area (Å²) >= 11 is 0. The van der Waals surface area contributed by atoms with E-state index in [2.05, 4.69) is 37.3 Å². The van der Waals surface area contributed by atoms with E-state index in [1.54, 1.807) is 7.11 Å². The van der Waals surface area contributed by atoms with Gasteiger partial charge in [0, 0.05) is 25.5 Å². The maximum Gasteiger partial charge on any atom is 0.197 e. The Kier molecular flexibility index (Phi) is 7.35. The molecule has 1 aliphatic carbocycles. The van der Waals surface area contributed by atoms with Crippen molar-refractivity contribution in [2.24, 2.45) is 0 Å². The van der Waals surface area contributed by atoms with E-state index in [-0.39, 0.29) is 19.1 Å². The van der Waals surface area contributed by atoms with E-state index in [1.165, 1.54) is 5.56 Å². The first kappa shape index (κ1) is 23.7. The van der Waals surface area contributed by atoms with Crippen LogP contribution in [0, 0.1) is 11.3 Å². The Balaban J connectivity index is 1.78. The molecule has 0 radical (unpaired) electrons. The molecular weight excluding hydrogens is 418 g/mol. The number of nitrogens with zero attached hydrogens (tertiary/aromatic N) is 1. The molecule has 1 heterocycles. The molecule has 2 fully saturated rings. The van der Waals surface area contributed by atoms with Gasteiger partial charge in [-0.05, 0) is 60.9 Å². The summed E-state index contributed by atoms with van der Waals surface area (Å²) < 4.78 is 18.3. The van der Waals surface area contributed by atoms with E-state index >= 15 is 0 Å². The highest BCUT2D eigenvalue weighted by molar-refractivity contribution is 5.54. The molecule has 0 aromatic heterocycles. The first-order chi connectivity index (χ1) is 16.0. The molecule has 2 aliphatic rings. The van der Waals surface area contributed by atoms with Crippen molar-refractivity contribution in [3.8, 4) is 11.8 Å². The van der Waals surface area contributed by atoms with E-state index in [0.29, 0.717) is 29.7 Å². The van der Waals surface area contributed by atoms with Crippen LogP contribution >= 0.6 is 0 Å². The molecule has 6 nitrogen and oxygen atoms in total. The van der Waals surface area contributed by atoms with Crippen molar-refractivity contribution in [3.63, 3.8) is 0 Å². The molecule has 2 aromatic rings. The van der Waals surface area contributed by atoms with Crippen LogP contribution in [-0.2, 0) is 28.1 Å². The van der Waals surface area contributed by atoms with Crippen LogP contribution in [0.1, 0.15) is 66.8 Å². The number of hydrogen-bond acceptors (Lipinski definition) is 6. The summed E-state index contributed by atoms with van der Waals surface area (Å²) in [6.45, 7) is 1.92. The van der Waals surface area contributed by atoms with E-state index < -0.39 is 18.0 Å². The predicted molar refractivity (Wildman–Crippen MR) is 124 cm³/mol. The van der Waals surface area contributed by atoms with Gasteiger partial charge in [-0.15, -0.1) is 0 Å². The highest BCUT2D eigenvalue weighted by Crippen LogP contribution is 2.42. The van der Waals surface area contributed by atoms with Crippen LogP contribution in [0.15, 0.2) is 36.4 Å². The van der Waals surface area contributed by atoms with Crippen LogP contribution in [0.2, 0.25) is 0 Å². The second-order valence-electron chi connectivity index (χ2n) is 9.11. The van der Waals surface area contributed by atoms with Crippen LogP contribution in [-0.4, -0.2) is 42.2 Å². The third-order valence-corrected chi connectivity index (χ3v) is 6.84. The van der Waals surface area contributed by atoms with Crippen molar-refractivity contribution in [1.82, 2.24) is 0 Å². The first-order valence-electron chi connectivity index (χ1n) is 11.8. The molecule has 6 heteroatoms. The standard InChI is InChI=1S/C27H33NO5/c1-3-18-7-9-19(10-8-18)11-20-12-21(13-26(25(20)16-28)32-23-5-4-6-23)27(31-2)15-22(30)14-24(17-29)33-27/h7-10,12-13,22-24,29-30H,3-6,11,14-15,17H2,1-2H3. The second kappa shape index (κ2) is 10.2. The Bertz CT molecular complexity index is 995. The SMILES string of the molecule is CCc1ccc(Cc2cc(C3(OC)CC(O)CC(CO)O3)cc(OC3CCC3)c2C#N)cc1. The quantitative estimate of drug-likeness (QED) is 0.631. The van der Waals surface area contributed by atoms with Gasteiger partial charge in [-0.25, -0.2) is 0 Å². The average molecular weight is 452 g/mol. The molecule has 1 saturated carbocycles. The van der Waals surface area contributed by atoms with Crippen molar-refractivity contribution in [3.05, 3.63) is 64.2 Å². The molecule has 3 unspecified atom stereocenters. The molecule has 2 aromatic carbocycles. The van der Waals surface area contributed by atoms with Crippen LogP contribution in [0.4, 0.5) is 0 Å². The number of aliphatic hydroxyl groups excluding tert-OH is 2. The lowest BCUT2D eigenvalue weighted by atomic mass is 9.88. The fourth-order valence-corrected chi connectivity index (χ4v) is 4.64. The fourth-order valence-electron chi connectivity index (χ4n) is 4.64. The number of nitriles is 1. The monoisotopic (exact) mass is 451 g/mol. The van der Waals surface area contributed by atoms with Crippen LogP contribution in [0.5, 0.6) is 5.75 Å². The van der Waals surface area contributed by atoms with Crippen LogP contribution < -0.4 is 4.74 Å². The Hall–Kier alpha value is -2.43. The molecule has 1 saturated heterocycles. The lowest BCUT2D eigenvalue weighted by Gasteiger charge is -2.42. The van der Waals surface area contributed by atoms with Crippen LogP contribution in [0.25, 0.3) is 0 Å². The minimum absolute atomic E-state index is 0.102. The number of aryl methyl sites for hydroxylation is 1. The lowest BCUT2D eigenvalue weighted by molar-refractivity contribution is -0.299. The van der Waals surface area contributed by atoms with Gasteiger partial charge in [-0.3, -0.25) is 0 Å². The van der Waals surface area contributed by atoms with Crippen molar-refractivity contribution in [1.29, 1.82) is 5.26 Å². The van der Waals surface area contributed by atoms with Gasteiger partial charge in [0.15, 0.2) is 5.79 Å². The summed E-state index contributed by atoms with van der Waals surface area (Å²) in [7, 11) is 1.54. The maximum absolute atomic E-state index is 10.5. The molecule has 2 N–H and O–H groups in total. The number of methoxy groups -OCH3 is 1. The molecule has 0 spiro atoms. The van der Waals surface area contributed by atoms with E-state index in [0.717, 1.165) is 36.8 Å². The third-order valence-electron chi connectivity index (χ3n) is 6.84. The van der Waals surface area contributed by atoms with Gasteiger partial charge in [0.2, 0.25) is 0 Å². The van der Waals surface area contributed by atoms with Gasteiger partial charge < -0.3 is 24.4 Å². The van der Waals surface area contributed by atoms with E-state index in [1.807, 2.05) is 12.1 Å². The largest absolute Gasteiger partial charge is 0.489 e. The number of aliphatic hydroxyl groups is 2. The first-order valence-corrected chi connectivity index (χ1v) is 11.8. The van der Waals surface area contributed by atoms with Gasteiger partial charge in [0.1, 0.15) is 11.8 Å². The number of benzene rings is 2. The van der Waals surface area contributed by atoms with Gasteiger partial charge in [-0.2, -0.15) is 5.26 Å². The number of rotatable bonds is 8. The van der Waals surface area contributed by atoms with Crippen LogP contribution in [0.3, 0.4) is 0 Å². The Morgan fingerprint density at radius 3 is 2.48 bits per heavy atom. The number of ether oxygens (including phenoxy) is 3. The average Bonchev–Trinajstić information content (AvgIpc) is 2.81. The second-order valence-corrected chi connectivity index (χ2v) is 9.11. The fraction of sp³-hybridized carbons (Fsp3) is 0.519. The molecule has 176 valence electrons. The zero-order chi connectivity index (χ0) is 23.4. The Labute approximate surface area is 195 Å². The summed E-state index contributed by atoms with van der Waals surface area (Å²) in [4.78, 5) is 0. The number of hydrogen-bond donors (Lipinski definition) is 2. The maximum atomic E-state index is 10.5. The van der Waals surface area contributed by atoms with Crippen molar-refractivity contribution in [2.75, 3.05) is 13.7 Å². The molecule has 0 bridgehead atoms. The smallest absolute Gasteiger partial charge is 0.197 e. The highest BCUT2D eigenvalue weighted by atomic mass is 16.7. The molecule has 0 amide bonds. The molecule has 1 aliphatic heterocycles. The molecule has 33 heavy (non-hydrogen) atoms.